The van der Waals surface area contributed by atoms with Gasteiger partial charge in [-0.25, -0.2) is 0 Å². The maximum absolute atomic E-state index is 10.9. The molecule has 3 nitrogen and oxygen atoms in total. The first-order valence-electron chi connectivity index (χ1n) is 5.45. The van der Waals surface area contributed by atoms with E-state index in [9.17, 15) is 4.79 Å². The molecule has 0 saturated carbocycles. The number of benzene rings is 1. The predicted molar refractivity (Wildman–Crippen MR) is 62.1 cm³/mol. The van der Waals surface area contributed by atoms with Crippen molar-refractivity contribution in [3.05, 3.63) is 42.0 Å². The molecule has 3 heteroatoms. The lowest BCUT2D eigenvalue weighted by molar-refractivity contribution is -0.117. The average Bonchev–Trinajstić information content (AvgIpc) is 2.73. The van der Waals surface area contributed by atoms with Crippen LogP contribution < -0.4 is 10.5 Å². The monoisotopic (exact) mass is 217 g/mol. The summed E-state index contributed by atoms with van der Waals surface area (Å²) in [6.07, 6.45) is 6.59. The molecule has 0 aromatic heterocycles. The number of rotatable bonds is 4. The maximum atomic E-state index is 10.9. The van der Waals surface area contributed by atoms with Gasteiger partial charge in [0.2, 0.25) is 5.91 Å². The normalized spacial score (nSPS) is 18.6. The molecule has 16 heavy (non-hydrogen) atoms. The third kappa shape index (κ3) is 2.63. The molecule has 1 amide bonds. The van der Waals surface area contributed by atoms with Gasteiger partial charge in [0.25, 0.3) is 0 Å². The van der Waals surface area contributed by atoms with Gasteiger partial charge in [0.15, 0.2) is 0 Å². The van der Waals surface area contributed by atoms with E-state index < -0.39 is 0 Å². The first-order valence-corrected chi connectivity index (χ1v) is 5.45. The Hall–Kier alpha value is -1.77. The van der Waals surface area contributed by atoms with E-state index >= 15 is 0 Å². The predicted octanol–water partition coefficient (Wildman–Crippen LogP) is 1.81. The highest BCUT2D eigenvalue weighted by Crippen LogP contribution is 2.23. The van der Waals surface area contributed by atoms with Gasteiger partial charge in [0.05, 0.1) is 6.42 Å². The topological polar surface area (TPSA) is 52.3 Å². The van der Waals surface area contributed by atoms with E-state index in [4.69, 9.17) is 10.5 Å². The quantitative estimate of drug-likeness (QED) is 0.782. The molecule has 1 aliphatic rings. The fourth-order valence-corrected chi connectivity index (χ4v) is 1.82. The molecule has 0 spiro atoms. The summed E-state index contributed by atoms with van der Waals surface area (Å²) in [5, 5.41) is 0. The van der Waals surface area contributed by atoms with Crippen molar-refractivity contribution >= 4 is 5.91 Å². The SMILES string of the molecule is NC(=O)Cc1ccccc1OC1C=CCC1. The fourth-order valence-electron chi connectivity index (χ4n) is 1.82. The van der Waals surface area contributed by atoms with Crippen molar-refractivity contribution in [1.82, 2.24) is 0 Å². The number of ether oxygens (including phenoxy) is 1. The molecule has 1 aromatic rings. The molecule has 0 bridgehead atoms. The third-order valence-electron chi connectivity index (χ3n) is 2.58. The summed E-state index contributed by atoms with van der Waals surface area (Å²) in [5.74, 6) is 0.427. The number of hydrogen-bond acceptors (Lipinski definition) is 2. The van der Waals surface area contributed by atoms with E-state index in [1.54, 1.807) is 0 Å². The highest BCUT2D eigenvalue weighted by Gasteiger charge is 2.13. The molecule has 0 heterocycles. The Morgan fingerprint density at radius 1 is 1.44 bits per heavy atom. The van der Waals surface area contributed by atoms with E-state index in [0.717, 1.165) is 24.2 Å². The molecule has 84 valence electrons. The van der Waals surface area contributed by atoms with Crippen LogP contribution in [0.25, 0.3) is 0 Å². The number of hydrogen-bond donors (Lipinski definition) is 1. The summed E-state index contributed by atoms with van der Waals surface area (Å²) in [7, 11) is 0. The Morgan fingerprint density at radius 3 is 2.94 bits per heavy atom. The molecular weight excluding hydrogens is 202 g/mol. The first-order chi connectivity index (χ1) is 7.75. The average molecular weight is 217 g/mol. The summed E-state index contributed by atoms with van der Waals surface area (Å²) in [6.45, 7) is 0. The van der Waals surface area contributed by atoms with Gasteiger partial charge in [-0.1, -0.05) is 24.3 Å². The standard InChI is InChI=1S/C13H15NO2/c14-13(15)9-10-5-1-4-8-12(10)16-11-6-2-3-7-11/h1-2,4-6,8,11H,3,7,9H2,(H2,14,15). The number of carbonyl (C=O) groups is 1. The van der Waals surface area contributed by atoms with Gasteiger partial charge in [-0.3, -0.25) is 4.79 Å². The number of amides is 1. The number of allylic oxidation sites excluding steroid dienone is 1. The Bertz CT molecular complexity index is 412. The van der Waals surface area contributed by atoms with Gasteiger partial charge in [-0.2, -0.15) is 0 Å². The zero-order valence-corrected chi connectivity index (χ0v) is 9.06. The second-order valence-corrected chi connectivity index (χ2v) is 3.91. The highest BCUT2D eigenvalue weighted by molar-refractivity contribution is 5.77. The molecule has 0 fully saturated rings. The van der Waals surface area contributed by atoms with Crippen LogP contribution in [0, 0.1) is 0 Å². The number of primary amides is 1. The van der Waals surface area contributed by atoms with Crippen molar-refractivity contribution < 1.29 is 9.53 Å². The Kier molecular flexibility index (Phi) is 3.25. The van der Waals surface area contributed by atoms with Crippen molar-refractivity contribution in [2.24, 2.45) is 5.73 Å². The summed E-state index contributed by atoms with van der Waals surface area (Å²) in [5.41, 5.74) is 6.05. The molecule has 1 aliphatic carbocycles. The zero-order chi connectivity index (χ0) is 11.4. The lowest BCUT2D eigenvalue weighted by Gasteiger charge is -2.14. The number of carbonyl (C=O) groups excluding carboxylic acids is 1. The van der Waals surface area contributed by atoms with Crippen LogP contribution in [-0.2, 0) is 11.2 Å². The van der Waals surface area contributed by atoms with Crippen molar-refractivity contribution in [1.29, 1.82) is 0 Å². The summed E-state index contributed by atoms with van der Waals surface area (Å²) in [4.78, 5) is 10.9. The van der Waals surface area contributed by atoms with E-state index in [1.165, 1.54) is 0 Å². The van der Waals surface area contributed by atoms with E-state index in [2.05, 4.69) is 12.2 Å². The van der Waals surface area contributed by atoms with Gasteiger partial charge in [0.1, 0.15) is 11.9 Å². The molecule has 1 aromatic carbocycles. The third-order valence-corrected chi connectivity index (χ3v) is 2.58. The molecule has 2 rings (SSSR count). The van der Waals surface area contributed by atoms with Crippen LogP contribution in [0.5, 0.6) is 5.75 Å². The molecule has 1 atom stereocenters. The molecular formula is C13H15NO2. The Morgan fingerprint density at radius 2 is 2.25 bits per heavy atom. The van der Waals surface area contributed by atoms with E-state index in [-0.39, 0.29) is 18.4 Å². The molecule has 0 aliphatic heterocycles. The van der Waals surface area contributed by atoms with Crippen LogP contribution in [0.3, 0.4) is 0 Å². The molecule has 2 N–H and O–H groups in total. The van der Waals surface area contributed by atoms with Crippen molar-refractivity contribution in [2.45, 2.75) is 25.4 Å². The Balaban J connectivity index is 2.12. The maximum Gasteiger partial charge on any atom is 0.221 e. The molecule has 0 saturated heterocycles. The van der Waals surface area contributed by atoms with Gasteiger partial charge < -0.3 is 10.5 Å². The number of para-hydroxylation sites is 1. The van der Waals surface area contributed by atoms with E-state index in [1.807, 2.05) is 24.3 Å². The zero-order valence-electron chi connectivity index (χ0n) is 9.06. The van der Waals surface area contributed by atoms with Gasteiger partial charge in [0, 0.05) is 5.56 Å². The Labute approximate surface area is 94.9 Å². The van der Waals surface area contributed by atoms with Crippen LogP contribution in [-0.4, -0.2) is 12.0 Å². The largest absolute Gasteiger partial charge is 0.486 e. The molecule has 1 unspecified atom stereocenters. The van der Waals surface area contributed by atoms with Gasteiger partial charge >= 0.3 is 0 Å². The van der Waals surface area contributed by atoms with Gasteiger partial charge in [-0.15, -0.1) is 0 Å². The minimum absolute atomic E-state index is 0.133. The highest BCUT2D eigenvalue weighted by atomic mass is 16.5. The van der Waals surface area contributed by atoms with Gasteiger partial charge in [-0.05, 0) is 25.0 Å². The summed E-state index contributed by atoms with van der Waals surface area (Å²) in [6, 6.07) is 7.54. The summed E-state index contributed by atoms with van der Waals surface area (Å²) >= 11 is 0. The van der Waals surface area contributed by atoms with Crippen LogP contribution in [0.15, 0.2) is 36.4 Å². The van der Waals surface area contributed by atoms with Crippen LogP contribution in [0.1, 0.15) is 18.4 Å². The smallest absolute Gasteiger partial charge is 0.221 e. The van der Waals surface area contributed by atoms with Crippen LogP contribution >= 0.6 is 0 Å². The minimum atomic E-state index is -0.335. The van der Waals surface area contributed by atoms with Crippen LogP contribution in [0.4, 0.5) is 0 Å². The molecule has 0 radical (unpaired) electrons. The van der Waals surface area contributed by atoms with E-state index in [0.29, 0.717) is 0 Å². The second kappa shape index (κ2) is 4.84. The van der Waals surface area contributed by atoms with Crippen molar-refractivity contribution in [3.8, 4) is 5.75 Å². The first kappa shape index (κ1) is 10.7. The fraction of sp³-hybridized carbons (Fsp3) is 0.308. The lowest BCUT2D eigenvalue weighted by atomic mass is 10.1. The minimum Gasteiger partial charge on any atom is -0.486 e. The summed E-state index contributed by atoms with van der Waals surface area (Å²) < 4.78 is 5.81. The van der Waals surface area contributed by atoms with Crippen LogP contribution in [0.2, 0.25) is 0 Å². The van der Waals surface area contributed by atoms with Crippen molar-refractivity contribution in [2.75, 3.05) is 0 Å². The van der Waals surface area contributed by atoms with Crippen molar-refractivity contribution in [3.63, 3.8) is 0 Å². The lowest BCUT2D eigenvalue weighted by Crippen LogP contribution is -2.16. The second-order valence-electron chi connectivity index (χ2n) is 3.91. The number of nitrogens with two attached hydrogens (primary N) is 1.